The fraction of sp³-hybridized carbons (Fsp3) is 0.0476. The molecule has 0 spiro atoms. The normalized spacial score (nSPS) is 10.7. The highest BCUT2D eigenvalue weighted by Gasteiger charge is 2.09. The standard InChI is InChI=1S/C21H18N2O3/c1-15-6-2-3-10-19(15)23-21(25)16-7-4-8-17(14-16)22-20(24)12-11-18-9-5-13-26-18/h2-14H,1H3,(H,22,24)(H,23,25). The number of furan rings is 1. The highest BCUT2D eigenvalue weighted by Crippen LogP contribution is 2.16. The van der Waals surface area contributed by atoms with Gasteiger partial charge in [-0.25, -0.2) is 0 Å². The lowest BCUT2D eigenvalue weighted by molar-refractivity contribution is -0.111. The lowest BCUT2D eigenvalue weighted by Crippen LogP contribution is -2.14. The molecular weight excluding hydrogens is 328 g/mol. The third-order valence-corrected chi connectivity index (χ3v) is 3.73. The Kier molecular flexibility index (Phi) is 5.29. The number of benzene rings is 2. The summed E-state index contributed by atoms with van der Waals surface area (Å²) in [6.45, 7) is 1.93. The third kappa shape index (κ3) is 4.48. The van der Waals surface area contributed by atoms with Gasteiger partial charge in [0.2, 0.25) is 5.91 Å². The summed E-state index contributed by atoms with van der Waals surface area (Å²) >= 11 is 0. The van der Waals surface area contributed by atoms with Gasteiger partial charge in [-0.15, -0.1) is 0 Å². The van der Waals surface area contributed by atoms with Crippen molar-refractivity contribution < 1.29 is 14.0 Å². The van der Waals surface area contributed by atoms with Crippen LogP contribution in [0.3, 0.4) is 0 Å². The molecule has 0 fully saturated rings. The average Bonchev–Trinajstić information content (AvgIpc) is 3.16. The lowest BCUT2D eigenvalue weighted by Gasteiger charge is -2.09. The number of anilines is 2. The number of para-hydroxylation sites is 1. The molecule has 5 nitrogen and oxygen atoms in total. The Morgan fingerprint density at radius 3 is 2.58 bits per heavy atom. The molecule has 0 unspecified atom stereocenters. The van der Waals surface area contributed by atoms with Gasteiger partial charge >= 0.3 is 0 Å². The molecule has 2 amide bonds. The molecule has 26 heavy (non-hydrogen) atoms. The van der Waals surface area contributed by atoms with Crippen molar-refractivity contribution >= 4 is 29.3 Å². The second-order valence-corrected chi connectivity index (χ2v) is 5.69. The van der Waals surface area contributed by atoms with E-state index in [1.54, 1.807) is 42.5 Å². The number of amides is 2. The van der Waals surface area contributed by atoms with Gasteiger partial charge in [0.05, 0.1) is 6.26 Å². The van der Waals surface area contributed by atoms with E-state index in [4.69, 9.17) is 4.42 Å². The number of nitrogens with one attached hydrogen (secondary N) is 2. The Balaban J connectivity index is 1.67. The molecule has 0 aliphatic heterocycles. The molecule has 0 radical (unpaired) electrons. The predicted octanol–water partition coefficient (Wildman–Crippen LogP) is 4.49. The zero-order chi connectivity index (χ0) is 18.4. The van der Waals surface area contributed by atoms with Crippen molar-refractivity contribution in [2.45, 2.75) is 6.92 Å². The monoisotopic (exact) mass is 346 g/mol. The van der Waals surface area contributed by atoms with Crippen molar-refractivity contribution in [3.05, 3.63) is 89.9 Å². The van der Waals surface area contributed by atoms with Crippen LogP contribution in [0.25, 0.3) is 6.08 Å². The van der Waals surface area contributed by atoms with Gasteiger partial charge in [0, 0.05) is 23.0 Å². The second-order valence-electron chi connectivity index (χ2n) is 5.69. The van der Waals surface area contributed by atoms with Gasteiger partial charge < -0.3 is 15.1 Å². The molecule has 1 heterocycles. The summed E-state index contributed by atoms with van der Waals surface area (Å²) in [4.78, 5) is 24.4. The van der Waals surface area contributed by atoms with Crippen LogP contribution in [0.2, 0.25) is 0 Å². The van der Waals surface area contributed by atoms with Crippen LogP contribution in [0.5, 0.6) is 0 Å². The van der Waals surface area contributed by atoms with Gasteiger partial charge in [-0.1, -0.05) is 24.3 Å². The van der Waals surface area contributed by atoms with Crippen LogP contribution in [-0.2, 0) is 4.79 Å². The molecule has 0 aliphatic carbocycles. The number of carbonyl (C=O) groups is 2. The molecule has 3 aromatic rings. The van der Waals surface area contributed by atoms with Crippen molar-refractivity contribution in [2.75, 3.05) is 10.6 Å². The third-order valence-electron chi connectivity index (χ3n) is 3.73. The minimum absolute atomic E-state index is 0.235. The van der Waals surface area contributed by atoms with E-state index < -0.39 is 0 Å². The molecule has 0 saturated carbocycles. The SMILES string of the molecule is Cc1ccccc1NC(=O)c1cccc(NC(=O)C=Cc2ccco2)c1. The van der Waals surface area contributed by atoms with Gasteiger partial charge in [0.25, 0.3) is 5.91 Å². The van der Waals surface area contributed by atoms with Crippen LogP contribution in [0.4, 0.5) is 11.4 Å². The first-order chi connectivity index (χ1) is 12.6. The Morgan fingerprint density at radius 2 is 1.81 bits per heavy atom. The molecule has 0 saturated heterocycles. The topological polar surface area (TPSA) is 71.3 Å². The van der Waals surface area contributed by atoms with E-state index in [0.29, 0.717) is 17.0 Å². The minimum atomic E-state index is -0.308. The van der Waals surface area contributed by atoms with Crippen molar-refractivity contribution in [1.29, 1.82) is 0 Å². The molecular formula is C21H18N2O3. The number of aryl methyl sites for hydroxylation is 1. The van der Waals surface area contributed by atoms with Crippen LogP contribution in [0.1, 0.15) is 21.7 Å². The average molecular weight is 346 g/mol. The Hall–Kier alpha value is -3.60. The molecule has 3 rings (SSSR count). The maximum Gasteiger partial charge on any atom is 0.255 e. The molecule has 5 heteroatoms. The molecule has 0 atom stereocenters. The number of hydrogen-bond acceptors (Lipinski definition) is 3. The minimum Gasteiger partial charge on any atom is -0.465 e. The zero-order valence-corrected chi connectivity index (χ0v) is 14.2. The maximum atomic E-state index is 12.4. The van der Waals surface area contributed by atoms with E-state index in [1.807, 2.05) is 31.2 Å². The largest absolute Gasteiger partial charge is 0.465 e. The summed E-state index contributed by atoms with van der Waals surface area (Å²) < 4.78 is 5.13. The van der Waals surface area contributed by atoms with Crippen molar-refractivity contribution in [3.8, 4) is 0 Å². The van der Waals surface area contributed by atoms with E-state index >= 15 is 0 Å². The van der Waals surface area contributed by atoms with Crippen molar-refractivity contribution in [1.82, 2.24) is 0 Å². The summed E-state index contributed by atoms with van der Waals surface area (Å²) in [5, 5.41) is 5.60. The molecule has 2 N–H and O–H groups in total. The number of carbonyl (C=O) groups excluding carboxylic acids is 2. The van der Waals surface area contributed by atoms with Gasteiger partial charge in [-0.3, -0.25) is 9.59 Å². The molecule has 0 aliphatic rings. The fourth-order valence-electron chi connectivity index (χ4n) is 2.37. The Labute approximate surface area is 151 Å². The number of rotatable bonds is 5. The Bertz CT molecular complexity index is 943. The highest BCUT2D eigenvalue weighted by atomic mass is 16.3. The lowest BCUT2D eigenvalue weighted by atomic mass is 10.1. The van der Waals surface area contributed by atoms with Crippen LogP contribution in [0.15, 0.2) is 77.4 Å². The number of hydrogen-bond donors (Lipinski definition) is 2. The van der Waals surface area contributed by atoms with Gasteiger partial charge in [-0.2, -0.15) is 0 Å². The highest BCUT2D eigenvalue weighted by molar-refractivity contribution is 6.06. The summed E-state index contributed by atoms with van der Waals surface area (Å²) in [7, 11) is 0. The first kappa shape index (κ1) is 17.2. The predicted molar refractivity (Wildman–Crippen MR) is 102 cm³/mol. The summed E-state index contributed by atoms with van der Waals surface area (Å²) in [5.41, 5.74) is 2.74. The summed E-state index contributed by atoms with van der Waals surface area (Å²) in [6, 6.07) is 17.8. The van der Waals surface area contributed by atoms with E-state index in [9.17, 15) is 9.59 Å². The second kappa shape index (κ2) is 7.98. The molecule has 0 bridgehead atoms. The van der Waals surface area contributed by atoms with E-state index in [1.165, 1.54) is 12.3 Å². The molecule has 2 aromatic carbocycles. The van der Waals surface area contributed by atoms with Crippen molar-refractivity contribution in [3.63, 3.8) is 0 Å². The first-order valence-electron chi connectivity index (χ1n) is 8.11. The van der Waals surface area contributed by atoms with E-state index in [2.05, 4.69) is 10.6 Å². The van der Waals surface area contributed by atoms with E-state index in [0.717, 1.165) is 11.3 Å². The van der Waals surface area contributed by atoms with Gasteiger partial charge in [0.1, 0.15) is 5.76 Å². The quantitative estimate of drug-likeness (QED) is 0.669. The van der Waals surface area contributed by atoms with Crippen molar-refractivity contribution in [2.24, 2.45) is 0 Å². The molecule has 130 valence electrons. The fourth-order valence-corrected chi connectivity index (χ4v) is 2.37. The zero-order valence-electron chi connectivity index (χ0n) is 14.2. The van der Waals surface area contributed by atoms with Crippen LogP contribution >= 0.6 is 0 Å². The van der Waals surface area contributed by atoms with Crippen LogP contribution in [-0.4, -0.2) is 11.8 Å². The van der Waals surface area contributed by atoms with Crippen LogP contribution < -0.4 is 10.6 Å². The summed E-state index contributed by atoms with van der Waals surface area (Å²) in [6.07, 6.45) is 4.48. The van der Waals surface area contributed by atoms with Crippen LogP contribution in [0, 0.1) is 6.92 Å². The smallest absolute Gasteiger partial charge is 0.255 e. The maximum absolute atomic E-state index is 12.4. The van der Waals surface area contributed by atoms with Gasteiger partial charge in [-0.05, 0) is 55.0 Å². The Morgan fingerprint density at radius 1 is 0.962 bits per heavy atom. The van der Waals surface area contributed by atoms with Gasteiger partial charge in [0.15, 0.2) is 0 Å². The van der Waals surface area contributed by atoms with E-state index in [-0.39, 0.29) is 11.8 Å². The molecule has 1 aromatic heterocycles. The summed E-state index contributed by atoms with van der Waals surface area (Å²) in [5.74, 6) is 0.0471. The first-order valence-corrected chi connectivity index (χ1v) is 8.11.